The maximum absolute atomic E-state index is 12.2. The Kier molecular flexibility index (Phi) is 3.88. The molecule has 1 atom stereocenters. The second-order valence-electron chi connectivity index (χ2n) is 4.85. The number of benzene rings is 1. The molecule has 0 radical (unpaired) electrons. The van der Waals surface area contributed by atoms with Crippen molar-refractivity contribution in [1.29, 1.82) is 0 Å². The van der Waals surface area contributed by atoms with Gasteiger partial charge in [0.1, 0.15) is 0 Å². The fourth-order valence-corrected chi connectivity index (χ4v) is 2.91. The largest absolute Gasteiger partial charge is 0.345 e. The third kappa shape index (κ3) is 3.06. The van der Waals surface area contributed by atoms with Crippen molar-refractivity contribution in [3.8, 4) is 5.69 Å². The number of carbonyl (C=O) groups excluding carboxylic acids is 1. The molecule has 21 heavy (non-hydrogen) atoms. The summed E-state index contributed by atoms with van der Waals surface area (Å²) in [4.78, 5) is 13.4. The molecule has 0 spiro atoms. The van der Waals surface area contributed by atoms with Gasteiger partial charge in [-0.25, -0.2) is 0 Å². The van der Waals surface area contributed by atoms with Gasteiger partial charge in [-0.2, -0.15) is 0 Å². The van der Waals surface area contributed by atoms with E-state index >= 15 is 0 Å². The van der Waals surface area contributed by atoms with Gasteiger partial charge in [0.05, 0.1) is 6.04 Å². The predicted molar refractivity (Wildman–Crippen MR) is 86.0 cm³/mol. The molecule has 0 saturated heterocycles. The number of rotatable bonds is 4. The molecule has 0 aliphatic carbocycles. The minimum atomic E-state index is -0.0463. The third-order valence-corrected chi connectivity index (χ3v) is 4.40. The van der Waals surface area contributed by atoms with Crippen molar-refractivity contribution >= 4 is 17.2 Å². The monoisotopic (exact) mass is 296 g/mol. The van der Waals surface area contributed by atoms with Crippen LogP contribution in [0.15, 0.2) is 66.3 Å². The quantitative estimate of drug-likeness (QED) is 0.775. The normalized spacial score (nSPS) is 12.0. The summed E-state index contributed by atoms with van der Waals surface area (Å²) in [6.45, 7) is 2.00. The molecular weight excluding hydrogens is 280 g/mol. The Balaban J connectivity index is 1.70. The Morgan fingerprint density at radius 3 is 2.43 bits per heavy atom. The van der Waals surface area contributed by atoms with E-state index in [0.29, 0.717) is 5.56 Å². The van der Waals surface area contributed by atoms with Crippen molar-refractivity contribution in [3.63, 3.8) is 0 Å². The van der Waals surface area contributed by atoms with E-state index in [1.54, 1.807) is 11.3 Å². The molecule has 1 unspecified atom stereocenters. The number of aromatic nitrogens is 1. The molecule has 2 aromatic heterocycles. The average molecular weight is 296 g/mol. The summed E-state index contributed by atoms with van der Waals surface area (Å²) in [7, 11) is 0. The van der Waals surface area contributed by atoms with Crippen molar-refractivity contribution in [3.05, 3.63) is 76.7 Å². The molecule has 2 heterocycles. The highest BCUT2D eigenvalue weighted by Gasteiger charge is 2.12. The Hall–Kier alpha value is -2.33. The molecule has 0 aliphatic heterocycles. The van der Waals surface area contributed by atoms with Crippen LogP contribution < -0.4 is 5.32 Å². The second-order valence-corrected chi connectivity index (χ2v) is 5.83. The van der Waals surface area contributed by atoms with Gasteiger partial charge in [0.25, 0.3) is 5.91 Å². The molecule has 3 aromatic rings. The van der Waals surface area contributed by atoms with Crippen LogP contribution in [0.5, 0.6) is 0 Å². The molecule has 0 bridgehead atoms. The van der Waals surface area contributed by atoms with E-state index < -0.39 is 0 Å². The van der Waals surface area contributed by atoms with E-state index in [1.807, 2.05) is 77.8 Å². The highest BCUT2D eigenvalue weighted by Crippen LogP contribution is 2.19. The second kappa shape index (κ2) is 5.97. The smallest absolute Gasteiger partial charge is 0.251 e. The lowest BCUT2D eigenvalue weighted by atomic mass is 10.1. The van der Waals surface area contributed by atoms with Crippen molar-refractivity contribution in [1.82, 2.24) is 9.88 Å². The van der Waals surface area contributed by atoms with Gasteiger partial charge in [0.15, 0.2) is 0 Å². The fourth-order valence-electron chi connectivity index (χ4n) is 2.18. The molecule has 0 fully saturated rings. The zero-order valence-corrected chi connectivity index (χ0v) is 12.5. The molecule has 3 nitrogen and oxygen atoms in total. The maximum Gasteiger partial charge on any atom is 0.251 e. The molecular formula is C17H16N2OS. The minimum Gasteiger partial charge on any atom is -0.345 e. The van der Waals surface area contributed by atoms with Crippen LogP contribution in [0.4, 0.5) is 0 Å². The molecule has 1 amide bonds. The lowest BCUT2D eigenvalue weighted by Crippen LogP contribution is -2.26. The summed E-state index contributed by atoms with van der Waals surface area (Å²) in [5, 5.41) is 5.04. The van der Waals surface area contributed by atoms with Gasteiger partial charge >= 0.3 is 0 Å². The van der Waals surface area contributed by atoms with Crippen molar-refractivity contribution in [2.75, 3.05) is 0 Å². The van der Waals surface area contributed by atoms with Crippen LogP contribution in [0.25, 0.3) is 5.69 Å². The first kappa shape index (κ1) is 13.6. The third-order valence-electron chi connectivity index (χ3n) is 3.35. The number of carbonyl (C=O) groups is 1. The van der Waals surface area contributed by atoms with E-state index in [9.17, 15) is 4.79 Å². The highest BCUT2D eigenvalue weighted by atomic mass is 32.1. The van der Waals surface area contributed by atoms with E-state index in [4.69, 9.17) is 0 Å². The summed E-state index contributed by atoms with van der Waals surface area (Å²) in [6, 6.07) is 15.6. The van der Waals surface area contributed by atoms with Gasteiger partial charge in [-0.3, -0.25) is 4.79 Å². The Bertz CT molecular complexity index is 700. The molecule has 1 N–H and O–H groups in total. The molecule has 0 saturated carbocycles. The number of amides is 1. The standard InChI is InChI=1S/C17H16N2OS/c1-13(16-5-4-12-21-16)18-17(20)14-6-8-15(9-7-14)19-10-2-3-11-19/h2-13H,1H3,(H,18,20). The van der Waals surface area contributed by atoms with Gasteiger partial charge in [-0.05, 0) is 54.8 Å². The number of thiophene rings is 1. The van der Waals surface area contributed by atoms with E-state index in [0.717, 1.165) is 10.6 Å². The first-order valence-electron chi connectivity index (χ1n) is 6.82. The van der Waals surface area contributed by atoms with Crippen LogP contribution in [0.3, 0.4) is 0 Å². The average Bonchev–Trinajstić information content (AvgIpc) is 3.20. The molecule has 1 aromatic carbocycles. The fraction of sp³-hybridized carbons (Fsp3) is 0.118. The molecule has 4 heteroatoms. The maximum atomic E-state index is 12.2. The number of nitrogens with zero attached hydrogens (tertiary/aromatic N) is 1. The molecule has 3 rings (SSSR count). The van der Waals surface area contributed by atoms with E-state index in [-0.39, 0.29) is 11.9 Å². The van der Waals surface area contributed by atoms with Crippen LogP contribution in [0.1, 0.15) is 28.2 Å². The molecule has 0 aliphatic rings. The summed E-state index contributed by atoms with van der Waals surface area (Å²) >= 11 is 1.65. The van der Waals surface area contributed by atoms with Crippen LogP contribution in [-0.4, -0.2) is 10.5 Å². The zero-order valence-electron chi connectivity index (χ0n) is 11.7. The van der Waals surface area contributed by atoms with Gasteiger partial charge in [0, 0.05) is 28.5 Å². The summed E-state index contributed by atoms with van der Waals surface area (Å²) in [5.41, 5.74) is 1.72. The molecule has 106 valence electrons. The SMILES string of the molecule is CC(NC(=O)c1ccc(-n2cccc2)cc1)c1cccs1. The van der Waals surface area contributed by atoms with E-state index in [1.165, 1.54) is 0 Å². The van der Waals surface area contributed by atoms with Gasteiger partial charge in [-0.15, -0.1) is 11.3 Å². The van der Waals surface area contributed by atoms with Gasteiger partial charge in [-0.1, -0.05) is 6.07 Å². The van der Waals surface area contributed by atoms with Crippen LogP contribution in [0.2, 0.25) is 0 Å². The Morgan fingerprint density at radius 2 is 1.81 bits per heavy atom. The van der Waals surface area contributed by atoms with Gasteiger partial charge in [0.2, 0.25) is 0 Å². The summed E-state index contributed by atoms with van der Waals surface area (Å²) in [5.74, 6) is -0.0463. The first-order chi connectivity index (χ1) is 10.2. The minimum absolute atomic E-state index is 0.0293. The van der Waals surface area contributed by atoms with Crippen molar-refractivity contribution in [2.45, 2.75) is 13.0 Å². The Morgan fingerprint density at radius 1 is 1.10 bits per heavy atom. The van der Waals surface area contributed by atoms with Crippen LogP contribution in [0, 0.1) is 0 Å². The lowest BCUT2D eigenvalue weighted by molar-refractivity contribution is 0.0940. The Labute approximate surface area is 127 Å². The predicted octanol–water partition coefficient (Wildman–Crippen LogP) is 4.03. The van der Waals surface area contributed by atoms with Crippen LogP contribution >= 0.6 is 11.3 Å². The first-order valence-corrected chi connectivity index (χ1v) is 7.70. The van der Waals surface area contributed by atoms with E-state index in [2.05, 4.69) is 5.32 Å². The summed E-state index contributed by atoms with van der Waals surface area (Å²) < 4.78 is 2.01. The van der Waals surface area contributed by atoms with Crippen molar-refractivity contribution < 1.29 is 4.79 Å². The topological polar surface area (TPSA) is 34.0 Å². The van der Waals surface area contributed by atoms with Crippen LogP contribution in [-0.2, 0) is 0 Å². The number of hydrogen-bond donors (Lipinski definition) is 1. The highest BCUT2D eigenvalue weighted by molar-refractivity contribution is 7.10. The summed E-state index contributed by atoms with van der Waals surface area (Å²) in [6.07, 6.45) is 3.96. The zero-order chi connectivity index (χ0) is 14.7. The van der Waals surface area contributed by atoms with Gasteiger partial charge < -0.3 is 9.88 Å². The number of nitrogens with one attached hydrogen (secondary N) is 1. The lowest BCUT2D eigenvalue weighted by Gasteiger charge is -2.12. The van der Waals surface area contributed by atoms with Crippen molar-refractivity contribution in [2.24, 2.45) is 0 Å². The number of hydrogen-bond acceptors (Lipinski definition) is 2.